The number of hydroxylamine groups is 2. The average Bonchev–Trinajstić information content (AvgIpc) is 3.63. The molecule has 0 radical (unpaired) electrons. The SMILES string of the molecule is C.COCC[N+](CCCS(=O)(=O)[O-])=c1ccc2c(C(C)(C)C)cc(/C=C/C=C3/N(CCCCCC(=O)ON4C(=O)CCC4=O)c4ccc(S(=O)(=O)[O-])cc4C3(C)CCCS(=O)(=O)[O-])oc-2c1. The number of carbonyl (C=O) groups excluding carboxylic acids is 3. The van der Waals surface area contributed by atoms with E-state index in [0.29, 0.717) is 77.8 Å². The second kappa shape index (κ2) is 21.9. The van der Waals surface area contributed by atoms with Crippen molar-refractivity contribution in [3.63, 3.8) is 0 Å². The van der Waals surface area contributed by atoms with Crippen LogP contribution in [0.3, 0.4) is 0 Å². The number of ether oxygens (including phenoxy) is 1. The molecule has 3 aliphatic heterocycles. The molecule has 5 rings (SSSR count). The number of unbranched alkanes of at least 4 members (excludes halogenated alkanes) is 2. The highest BCUT2D eigenvalue weighted by molar-refractivity contribution is 7.86. The van der Waals surface area contributed by atoms with Gasteiger partial charge in [0.15, 0.2) is 6.54 Å². The van der Waals surface area contributed by atoms with E-state index in [9.17, 15) is 53.3 Å². The van der Waals surface area contributed by atoms with Crippen molar-refractivity contribution in [2.24, 2.45) is 0 Å². The fourth-order valence-corrected chi connectivity index (χ4v) is 9.62. The normalized spacial score (nSPS) is 18.1. The molecule has 1 aromatic carbocycles. The molecule has 21 heteroatoms. The Morgan fingerprint density at radius 3 is 2.17 bits per heavy atom. The molecule has 1 saturated heterocycles. The van der Waals surface area contributed by atoms with Gasteiger partial charge in [0.25, 0.3) is 11.8 Å². The number of benzene rings is 2. The maximum atomic E-state index is 12.5. The van der Waals surface area contributed by atoms with Gasteiger partial charge in [-0.3, -0.25) is 9.59 Å². The van der Waals surface area contributed by atoms with Crippen LogP contribution in [0.25, 0.3) is 17.4 Å². The molecule has 3 heterocycles. The van der Waals surface area contributed by atoms with E-state index in [1.807, 2.05) is 33.7 Å². The molecule has 364 valence electrons. The van der Waals surface area contributed by atoms with Gasteiger partial charge in [-0.15, -0.1) is 5.06 Å². The van der Waals surface area contributed by atoms with Crippen LogP contribution in [-0.2, 0) is 65.1 Å². The fourth-order valence-electron chi connectivity index (χ4n) is 8.15. The zero-order valence-corrected chi connectivity index (χ0v) is 39.5. The third-order valence-electron chi connectivity index (χ3n) is 11.4. The summed E-state index contributed by atoms with van der Waals surface area (Å²) in [6.45, 7) is 9.27. The van der Waals surface area contributed by atoms with Gasteiger partial charge >= 0.3 is 5.97 Å². The van der Waals surface area contributed by atoms with Gasteiger partial charge in [-0.25, -0.2) is 34.6 Å². The van der Waals surface area contributed by atoms with Crippen molar-refractivity contribution < 1.29 is 67.3 Å². The van der Waals surface area contributed by atoms with Crippen molar-refractivity contribution in [1.82, 2.24) is 9.64 Å². The number of fused-ring (bicyclic) bond motifs is 2. The molecule has 0 spiro atoms. The number of imide groups is 1. The highest BCUT2D eigenvalue weighted by Gasteiger charge is 2.43. The lowest BCUT2D eigenvalue weighted by atomic mass is 9.77. The minimum Gasteiger partial charge on any atom is -0.748 e. The van der Waals surface area contributed by atoms with Gasteiger partial charge in [0.05, 0.1) is 31.2 Å². The van der Waals surface area contributed by atoms with Gasteiger partial charge in [0.2, 0.25) is 5.36 Å². The minimum atomic E-state index is -4.91. The summed E-state index contributed by atoms with van der Waals surface area (Å²) in [6, 6.07) is 11.5. The van der Waals surface area contributed by atoms with Crippen LogP contribution in [0.15, 0.2) is 69.6 Å². The predicted molar refractivity (Wildman–Crippen MR) is 242 cm³/mol. The zero-order chi connectivity index (χ0) is 48.0. The van der Waals surface area contributed by atoms with Crippen LogP contribution in [0.5, 0.6) is 0 Å². The van der Waals surface area contributed by atoms with E-state index >= 15 is 0 Å². The van der Waals surface area contributed by atoms with E-state index in [4.69, 9.17) is 14.0 Å². The molecule has 0 saturated carbocycles. The summed E-state index contributed by atoms with van der Waals surface area (Å²) >= 11 is 0. The number of hydrogen-bond donors (Lipinski definition) is 0. The lowest BCUT2D eigenvalue weighted by Crippen LogP contribution is -2.34. The van der Waals surface area contributed by atoms with Crippen molar-refractivity contribution in [2.45, 2.75) is 109 Å². The van der Waals surface area contributed by atoms with Gasteiger partial charge in [-0.1, -0.05) is 40.7 Å². The third kappa shape index (κ3) is 14.1. The first kappa shape index (κ1) is 53.8. The summed E-state index contributed by atoms with van der Waals surface area (Å²) in [7, 11) is -12.4. The summed E-state index contributed by atoms with van der Waals surface area (Å²) in [5, 5.41) is 1.21. The first-order chi connectivity index (χ1) is 30.3. The highest BCUT2D eigenvalue weighted by Crippen LogP contribution is 2.51. The lowest BCUT2D eigenvalue weighted by molar-refractivity contribution is -0.197. The van der Waals surface area contributed by atoms with E-state index in [1.165, 1.54) is 18.2 Å². The molecule has 1 fully saturated rings. The van der Waals surface area contributed by atoms with E-state index in [2.05, 4.69) is 20.8 Å². The van der Waals surface area contributed by atoms with Gasteiger partial charge in [-0.2, -0.15) is 0 Å². The quantitative estimate of drug-likeness (QED) is 0.0604. The van der Waals surface area contributed by atoms with Crippen LogP contribution in [0.2, 0.25) is 0 Å². The topological polar surface area (TPSA) is 264 Å². The average molecular weight is 978 g/mol. The number of allylic oxidation sites excluding steroid dienone is 3. The van der Waals surface area contributed by atoms with Gasteiger partial charge < -0.3 is 32.5 Å². The highest BCUT2D eigenvalue weighted by atomic mass is 32.2. The van der Waals surface area contributed by atoms with Crippen molar-refractivity contribution in [2.75, 3.05) is 49.8 Å². The molecule has 0 N–H and O–H groups in total. The molecule has 4 aliphatic rings. The maximum Gasteiger partial charge on any atom is 0.333 e. The molecular weight excluding hydrogens is 919 g/mol. The Hall–Kier alpha value is -4.77. The molecular formula is C45H59N3O15S3-2. The fraction of sp³-hybridized carbons (Fsp3) is 0.511. The van der Waals surface area contributed by atoms with E-state index in [1.54, 1.807) is 32.3 Å². The van der Waals surface area contributed by atoms with Crippen LogP contribution < -0.4 is 14.8 Å². The van der Waals surface area contributed by atoms with Crippen LogP contribution >= 0.6 is 0 Å². The zero-order valence-electron chi connectivity index (χ0n) is 37.1. The van der Waals surface area contributed by atoms with Crippen molar-refractivity contribution in [1.29, 1.82) is 0 Å². The molecule has 1 aliphatic carbocycles. The standard InChI is InChI=1S/C44H57N3O15S3.CH4/c1-43(2,3)35-29-32(61-38-28-31(15-17-34(35)38)45(24-25-60-5)22-11-27-64(54,55)56)12-9-13-39-44(4,21-10-26-63(51,52)53)36-30-33(65(57,58)59)16-18-37(36)46(39)23-8-6-7-14-42(50)62-47-40(48)19-20-41(47)49;/h9,12-13,15-18,28-30H,6-8,10-11,14,19-27H2,1-5H3,(H2-,51,52,53,54,55,56,57,58,59);1H4/p-2. The van der Waals surface area contributed by atoms with Crippen molar-refractivity contribution in [3.05, 3.63) is 82.6 Å². The molecule has 2 amide bonds. The summed E-state index contributed by atoms with van der Waals surface area (Å²) in [5.41, 5.74) is 1.91. The predicted octanol–water partition coefficient (Wildman–Crippen LogP) is 4.74. The summed E-state index contributed by atoms with van der Waals surface area (Å²) in [4.78, 5) is 42.6. The van der Waals surface area contributed by atoms with Crippen LogP contribution in [0.4, 0.5) is 5.69 Å². The molecule has 0 bridgehead atoms. The van der Waals surface area contributed by atoms with Gasteiger partial charge in [0, 0.05) is 79.3 Å². The van der Waals surface area contributed by atoms with E-state index in [0.717, 1.165) is 11.1 Å². The van der Waals surface area contributed by atoms with Gasteiger partial charge in [-0.05, 0) is 91.6 Å². The number of methoxy groups -OCH3 is 1. The Bertz CT molecular complexity index is 2700. The molecule has 1 aromatic rings. The van der Waals surface area contributed by atoms with Crippen LogP contribution in [0.1, 0.15) is 110 Å². The number of hydrogen-bond acceptors (Lipinski definition) is 16. The number of nitrogens with zero attached hydrogens (tertiary/aromatic N) is 3. The van der Waals surface area contributed by atoms with Gasteiger partial charge in [0.1, 0.15) is 34.8 Å². The molecule has 1 unspecified atom stereocenters. The van der Waals surface area contributed by atoms with E-state index in [-0.39, 0.29) is 57.9 Å². The Balaban J connectivity index is 0.00000952. The molecule has 18 nitrogen and oxygen atoms in total. The second-order valence-electron chi connectivity index (χ2n) is 17.3. The van der Waals surface area contributed by atoms with E-state index < -0.39 is 70.0 Å². The number of carbonyl (C=O) groups is 3. The second-order valence-corrected chi connectivity index (χ2v) is 21.8. The molecule has 0 aromatic heterocycles. The minimum absolute atomic E-state index is 0. The molecule has 66 heavy (non-hydrogen) atoms. The first-order valence-corrected chi connectivity index (χ1v) is 25.7. The Kier molecular flexibility index (Phi) is 17.9. The summed E-state index contributed by atoms with van der Waals surface area (Å²) < 4.78 is 120. The Morgan fingerprint density at radius 1 is 0.879 bits per heavy atom. The smallest absolute Gasteiger partial charge is 0.333 e. The summed E-state index contributed by atoms with van der Waals surface area (Å²) in [5.74, 6) is -2.14. The third-order valence-corrected chi connectivity index (χ3v) is 13.8. The van der Waals surface area contributed by atoms with Crippen molar-refractivity contribution in [3.8, 4) is 11.3 Å². The number of anilines is 1. The Labute approximate surface area is 387 Å². The maximum absolute atomic E-state index is 12.5. The largest absolute Gasteiger partial charge is 0.748 e. The summed E-state index contributed by atoms with van der Waals surface area (Å²) in [6.07, 6.45) is 6.52. The van der Waals surface area contributed by atoms with Crippen molar-refractivity contribution >= 4 is 59.9 Å². The lowest BCUT2D eigenvalue weighted by Gasteiger charge is -2.31. The number of amides is 2. The monoisotopic (exact) mass is 977 g/mol. The van der Waals surface area contributed by atoms with Crippen LogP contribution in [-0.4, -0.2) is 107 Å². The number of rotatable bonds is 21. The molecule has 1 atom stereocenters. The first-order valence-electron chi connectivity index (χ1n) is 21.2. The van der Waals surface area contributed by atoms with Crippen LogP contribution in [0, 0.1) is 0 Å². The Morgan fingerprint density at radius 2 is 1.55 bits per heavy atom.